The normalized spacial score (nSPS) is 23.3. The van der Waals surface area contributed by atoms with Crippen LogP contribution >= 0.6 is 0 Å². The Labute approximate surface area is 113 Å². The van der Waals surface area contributed by atoms with Crippen molar-refractivity contribution in [1.82, 2.24) is 0 Å². The van der Waals surface area contributed by atoms with Crippen LogP contribution in [0.3, 0.4) is 0 Å². The molecule has 1 fully saturated rings. The van der Waals surface area contributed by atoms with Crippen LogP contribution in [-0.4, -0.2) is 18.3 Å². The van der Waals surface area contributed by atoms with Gasteiger partial charge in [0.05, 0.1) is 11.7 Å². The van der Waals surface area contributed by atoms with E-state index in [9.17, 15) is 4.39 Å². The highest BCUT2D eigenvalue weighted by Crippen LogP contribution is 2.30. The van der Waals surface area contributed by atoms with Gasteiger partial charge in [-0.05, 0) is 39.7 Å². The zero-order valence-corrected chi connectivity index (χ0v) is 11.8. The van der Waals surface area contributed by atoms with Gasteiger partial charge in [-0.2, -0.15) is 0 Å². The molecule has 1 aliphatic heterocycles. The van der Waals surface area contributed by atoms with Crippen molar-refractivity contribution in [2.45, 2.75) is 51.4 Å². The molecule has 0 amide bonds. The minimum atomic E-state index is -0.319. The van der Waals surface area contributed by atoms with Crippen molar-refractivity contribution in [3.05, 3.63) is 29.6 Å². The minimum absolute atomic E-state index is 0.0713. The van der Waals surface area contributed by atoms with Gasteiger partial charge >= 0.3 is 0 Å². The summed E-state index contributed by atoms with van der Waals surface area (Å²) in [6, 6.07) is 4.50. The molecule has 0 aromatic heterocycles. The van der Waals surface area contributed by atoms with Crippen LogP contribution in [0.25, 0.3) is 0 Å². The van der Waals surface area contributed by atoms with Crippen molar-refractivity contribution in [3.63, 3.8) is 0 Å². The second-order valence-electron chi connectivity index (χ2n) is 5.82. The molecule has 1 aromatic carbocycles. The lowest BCUT2D eigenvalue weighted by atomic mass is 10.1. The fraction of sp³-hybridized carbons (Fsp3) is 0.600. The predicted octanol–water partition coefficient (Wildman–Crippen LogP) is 3.18. The van der Waals surface area contributed by atoms with Crippen LogP contribution < -0.4 is 10.5 Å². The first-order valence-corrected chi connectivity index (χ1v) is 6.73. The quantitative estimate of drug-likeness (QED) is 0.911. The second-order valence-corrected chi connectivity index (χ2v) is 5.82. The summed E-state index contributed by atoms with van der Waals surface area (Å²) in [5.41, 5.74) is 6.10. The van der Waals surface area contributed by atoms with Crippen LogP contribution in [0, 0.1) is 5.82 Å². The fourth-order valence-corrected chi connectivity index (χ4v) is 2.35. The lowest BCUT2D eigenvalue weighted by Crippen LogP contribution is -2.23. The maximum absolute atomic E-state index is 13.7. The molecule has 4 heteroatoms. The first-order valence-electron chi connectivity index (χ1n) is 6.73. The van der Waals surface area contributed by atoms with Crippen LogP contribution in [0.2, 0.25) is 0 Å². The van der Waals surface area contributed by atoms with E-state index in [1.807, 2.05) is 0 Å². The summed E-state index contributed by atoms with van der Waals surface area (Å²) >= 11 is 0. The van der Waals surface area contributed by atoms with E-state index in [1.54, 1.807) is 19.1 Å². The van der Waals surface area contributed by atoms with E-state index in [2.05, 4.69) is 13.8 Å². The van der Waals surface area contributed by atoms with Gasteiger partial charge in [0.25, 0.3) is 0 Å². The van der Waals surface area contributed by atoms with E-state index in [0.29, 0.717) is 17.9 Å². The molecular formula is C15H22FNO2. The Hall–Kier alpha value is -1.13. The molecular weight excluding hydrogens is 245 g/mol. The average Bonchev–Trinajstić information content (AvgIpc) is 2.66. The van der Waals surface area contributed by atoms with Gasteiger partial charge in [0.1, 0.15) is 18.2 Å². The van der Waals surface area contributed by atoms with Gasteiger partial charge in [-0.15, -0.1) is 0 Å². The summed E-state index contributed by atoms with van der Waals surface area (Å²) in [6.07, 6.45) is 2.10. The van der Waals surface area contributed by atoms with Gasteiger partial charge < -0.3 is 15.2 Å². The van der Waals surface area contributed by atoms with Crippen LogP contribution in [-0.2, 0) is 4.74 Å². The van der Waals surface area contributed by atoms with Gasteiger partial charge in [-0.1, -0.05) is 6.07 Å². The van der Waals surface area contributed by atoms with Crippen LogP contribution in [0.5, 0.6) is 5.75 Å². The molecule has 0 aliphatic carbocycles. The Balaban J connectivity index is 1.92. The highest BCUT2D eigenvalue weighted by atomic mass is 19.1. The molecule has 2 rings (SSSR count). The van der Waals surface area contributed by atoms with Gasteiger partial charge in [0, 0.05) is 17.7 Å². The molecule has 2 N–H and O–H groups in total. The van der Waals surface area contributed by atoms with E-state index in [-0.39, 0.29) is 23.6 Å². The lowest BCUT2D eigenvalue weighted by Gasteiger charge is -2.19. The topological polar surface area (TPSA) is 44.5 Å². The van der Waals surface area contributed by atoms with Gasteiger partial charge in [-0.3, -0.25) is 0 Å². The second kappa shape index (κ2) is 5.47. The Bertz CT molecular complexity index is 446. The smallest absolute Gasteiger partial charge is 0.131 e. The van der Waals surface area contributed by atoms with Gasteiger partial charge in [-0.25, -0.2) is 4.39 Å². The first-order chi connectivity index (χ1) is 8.87. The monoisotopic (exact) mass is 267 g/mol. The summed E-state index contributed by atoms with van der Waals surface area (Å²) in [6.45, 7) is 6.36. The maximum atomic E-state index is 13.7. The van der Waals surface area contributed by atoms with E-state index >= 15 is 0 Å². The zero-order chi connectivity index (χ0) is 14.0. The highest BCUT2D eigenvalue weighted by Gasteiger charge is 2.31. The minimum Gasteiger partial charge on any atom is -0.491 e. The Kier molecular flexibility index (Phi) is 4.11. The van der Waals surface area contributed by atoms with Gasteiger partial charge in [0.15, 0.2) is 0 Å². The molecule has 1 aromatic rings. The molecule has 0 saturated carbocycles. The predicted molar refractivity (Wildman–Crippen MR) is 72.7 cm³/mol. The molecule has 1 saturated heterocycles. The molecule has 2 unspecified atom stereocenters. The van der Waals surface area contributed by atoms with E-state index in [0.717, 1.165) is 12.8 Å². The van der Waals surface area contributed by atoms with Crippen LogP contribution in [0.1, 0.15) is 45.2 Å². The summed E-state index contributed by atoms with van der Waals surface area (Å²) in [5, 5.41) is 0. The number of ether oxygens (including phenoxy) is 2. The third-order valence-corrected chi connectivity index (χ3v) is 3.45. The molecule has 1 aliphatic rings. The number of nitrogens with two attached hydrogens (primary N) is 1. The number of benzene rings is 1. The van der Waals surface area contributed by atoms with E-state index in [1.165, 1.54) is 6.07 Å². The summed E-state index contributed by atoms with van der Waals surface area (Å²) in [4.78, 5) is 0. The SMILES string of the molecule is CC(N)c1ccc(OCC2CCC(C)(C)O2)cc1F. The van der Waals surface area contributed by atoms with Crippen molar-refractivity contribution in [3.8, 4) is 5.75 Å². The Morgan fingerprint density at radius 1 is 1.53 bits per heavy atom. The highest BCUT2D eigenvalue weighted by molar-refractivity contribution is 5.30. The third-order valence-electron chi connectivity index (χ3n) is 3.45. The lowest BCUT2D eigenvalue weighted by molar-refractivity contribution is -0.0326. The largest absolute Gasteiger partial charge is 0.491 e. The van der Waals surface area contributed by atoms with Gasteiger partial charge in [0.2, 0.25) is 0 Å². The Morgan fingerprint density at radius 3 is 2.79 bits per heavy atom. The van der Waals surface area contributed by atoms with Crippen molar-refractivity contribution >= 4 is 0 Å². The first kappa shape index (κ1) is 14.3. The molecule has 1 heterocycles. The molecule has 106 valence electrons. The van der Waals surface area contributed by atoms with Crippen LogP contribution in [0.4, 0.5) is 4.39 Å². The maximum Gasteiger partial charge on any atom is 0.131 e. The molecule has 0 spiro atoms. The molecule has 0 bridgehead atoms. The number of halogens is 1. The average molecular weight is 267 g/mol. The third kappa shape index (κ3) is 3.67. The fourth-order valence-electron chi connectivity index (χ4n) is 2.35. The Morgan fingerprint density at radius 2 is 2.26 bits per heavy atom. The summed E-state index contributed by atoms with van der Waals surface area (Å²) in [5.74, 6) is 0.204. The molecule has 3 nitrogen and oxygen atoms in total. The summed E-state index contributed by atoms with van der Waals surface area (Å²) in [7, 11) is 0. The van der Waals surface area contributed by atoms with Crippen molar-refractivity contribution in [2.75, 3.05) is 6.61 Å². The summed E-state index contributed by atoms with van der Waals surface area (Å²) < 4.78 is 25.2. The molecule has 0 radical (unpaired) electrons. The van der Waals surface area contributed by atoms with Crippen molar-refractivity contribution in [2.24, 2.45) is 5.73 Å². The number of rotatable bonds is 4. The van der Waals surface area contributed by atoms with E-state index in [4.69, 9.17) is 15.2 Å². The molecule has 19 heavy (non-hydrogen) atoms. The zero-order valence-electron chi connectivity index (χ0n) is 11.8. The van der Waals surface area contributed by atoms with Crippen molar-refractivity contribution in [1.29, 1.82) is 0 Å². The van der Waals surface area contributed by atoms with Crippen molar-refractivity contribution < 1.29 is 13.9 Å². The molecule has 2 atom stereocenters. The number of hydrogen-bond acceptors (Lipinski definition) is 3. The standard InChI is InChI=1S/C15H22FNO2/c1-10(17)13-5-4-11(8-14(13)16)18-9-12-6-7-15(2,3)19-12/h4-5,8,10,12H,6-7,9,17H2,1-3H3. The number of hydrogen-bond donors (Lipinski definition) is 1. The van der Waals surface area contributed by atoms with Crippen LogP contribution in [0.15, 0.2) is 18.2 Å². The van der Waals surface area contributed by atoms with E-state index < -0.39 is 0 Å².